The number of halogens is 2. The Hall–Kier alpha value is -0.600. The van der Waals surface area contributed by atoms with Crippen LogP contribution in [0, 0.1) is 11.2 Å². The molecule has 3 heteroatoms. The fraction of sp³-hybridized carbons (Fsp3) is 0.538. The van der Waals surface area contributed by atoms with E-state index in [9.17, 15) is 4.39 Å². The first-order chi connectivity index (χ1) is 7.50. The summed E-state index contributed by atoms with van der Waals surface area (Å²) in [6, 6.07) is 4.75. The molecule has 1 aromatic rings. The molecule has 1 saturated carbocycles. The van der Waals surface area contributed by atoms with Gasteiger partial charge in [0.15, 0.2) is 0 Å². The minimum Gasteiger partial charge on any atom is -0.310 e. The third-order valence-electron chi connectivity index (χ3n) is 3.37. The first-order valence-corrected chi connectivity index (χ1v) is 6.06. The van der Waals surface area contributed by atoms with Crippen LogP contribution < -0.4 is 5.32 Å². The summed E-state index contributed by atoms with van der Waals surface area (Å²) >= 11 is 6.01. The fourth-order valence-corrected chi connectivity index (χ4v) is 2.08. The Morgan fingerprint density at radius 1 is 1.50 bits per heavy atom. The first-order valence-electron chi connectivity index (χ1n) is 5.68. The van der Waals surface area contributed by atoms with Gasteiger partial charge in [-0.2, -0.15) is 0 Å². The molecule has 0 saturated heterocycles. The highest BCUT2D eigenvalue weighted by Gasteiger charge is 2.36. The normalized spacial score (nSPS) is 19.5. The zero-order valence-electron chi connectivity index (χ0n) is 9.69. The van der Waals surface area contributed by atoms with Crippen LogP contribution in [-0.2, 0) is 0 Å². The highest BCUT2D eigenvalue weighted by Crippen LogP contribution is 2.44. The van der Waals surface area contributed by atoms with Crippen LogP contribution in [0.3, 0.4) is 0 Å². The summed E-state index contributed by atoms with van der Waals surface area (Å²) < 4.78 is 12.9. The summed E-state index contributed by atoms with van der Waals surface area (Å²) in [7, 11) is 0. The standard InChI is InChI=1S/C13H17ClFN/c1-9(16-8-13(2)5-6-13)11-4-3-10(15)7-12(11)14/h3-4,7,9,16H,5-6,8H2,1-2H3. The highest BCUT2D eigenvalue weighted by molar-refractivity contribution is 6.31. The van der Waals surface area contributed by atoms with E-state index >= 15 is 0 Å². The minimum atomic E-state index is -0.282. The van der Waals surface area contributed by atoms with Crippen molar-refractivity contribution in [1.29, 1.82) is 0 Å². The van der Waals surface area contributed by atoms with Crippen molar-refractivity contribution in [1.82, 2.24) is 5.32 Å². The van der Waals surface area contributed by atoms with Gasteiger partial charge in [0.1, 0.15) is 5.82 Å². The third-order valence-corrected chi connectivity index (χ3v) is 3.69. The van der Waals surface area contributed by atoms with E-state index < -0.39 is 0 Å². The van der Waals surface area contributed by atoms with Crippen molar-refractivity contribution in [2.75, 3.05) is 6.54 Å². The summed E-state index contributed by atoms with van der Waals surface area (Å²) in [5.74, 6) is -0.282. The second kappa shape index (κ2) is 4.34. The molecule has 0 bridgehead atoms. The molecule has 0 heterocycles. The number of hydrogen-bond acceptors (Lipinski definition) is 1. The van der Waals surface area contributed by atoms with Crippen molar-refractivity contribution < 1.29 is 4.39 Å². The van der Waals surface area contributed by atoms with Gasteiger partial charge in [-0.05, 0) is 42.9 Å². The van der Waals surface area contributed by atoms with Crippen LogP contribution in [0.5, 0.6) is 0 Å². The molecule has 16 heavy (non-hydrogen) atoms. The van der Waals surface area contributed by atoms with Crippen LogP contribution in [0.1, 0.15) is 38.3 Å². The first kappa shape index (κ1) is 11.9. The van der Waals surface area contributed by atoms with E-state index in [-0.39, 0.29) is 11.9 Å². The lowest BCUT2D eigenvalue weighted by atomic mass is 10.1. The van der Waals surface area contributed by atoms with E-state index in [4.69, 9.17) is 11.6 Å². The Labute approximate surface area is 101 Å². The predicted octanol–water partition coefficient (Wildman–Crippen LogP) is 3.93. The van der Waals surface area contributed by atoms with Gasteiger partial charge in [-0.25, -0.2) is 4.39 Å². The molecule has 1 aliphatic carbocycles. The van der Waals surface area contributed by atoms with Crippen LogP contribution in [0.4, 0.5) is 4.39 Å². The maximum atomic E-state index is 12.9. The Balaban J connectivity index is 1.99. The molecular formula is C13H17ClFN. The number of hydrogen-bond donors (Lipinski definition) is 1. The largest absolute Gasteiger partial charge is 0.310 e. The second-order valence-electron chi connectivity index (χ2n) is 5.08. The predicted molar refractivity (Wildman–Crippen MR) is 65.2 cm³/mol. The lowest BCUT2D eigenvalue weighted by Crippen LogP contribution is -2.25. The fourth-order valence-electron chi connectivity index (χ4n) is 1.75. The molecule has 1 unspecified atom stereocenters. The van der Waals surface area contributed by atoms with Crippen LogP contribution in [0.25, 0.3) is 0 Å². The van der Waals surface area contributed by atoms with Crippen LogP contribution >= 0.6 is 11.6 Å². The molecule has 2 rings (SSSR count). The van der Waals surface area contributed by atoms with Crippen molar-refractivity contribution >= 4 is 11.6 Å². The molecule has 1 N–H and O–H groups in total. The van der Waals surface area contributed by atoms with Gasteiger partial charge in [0.25, 0.3) is 0 Å². The number of nitrogens with one attached hydrogen (secondary N) is 1. The van der Waals surface area contributed by atoms with Gasteiger partial charge < -0.3 is 5.32 Å². The molecule has 88 valence electrons. The van der Waals surface area contributed by atoms with Crippen LogP contribution in [0.15, 0.2) is 18.2 Å². The van der Waals surface area contributed by atoms with E-state index in [1.165, 1.54) is 25.0 Å². The molecule has 0 aliphatic heterocycles. The number of rotatable bonds is 4. The number of benzene rings is 1. The van der Waals surface area contributed by atoms with Gasteiger partial charge in [0.2, 0.25) is 0 Å². The quantitative estimate of drug-likeness (QED) is 0.842. The van der Waals surface area contributed by atoms with Crippen LogP contribution in [-0.4, -0.2) is 6.54 Å². The van der Waals surface area contributed by atoms with Gasteiger partial charge in [0.05, 0.1) is 0 Å². The molecule has 1 atom stereocenters. The zero-order chi connectivity index (χ0) is 11.8. The molecule has 1 nitrogen and oxygen atoms in total. The van der Waals surface area contributed by atoms with Gasteiger partial charge in [-0.3, -0.25) is 0 Å². The SMILES string of the molecule is CC(NCC1(C)CC1)c1ccc(F)cc1Cl. The molecular weight excluding hydrogens is 225 g/mol. The van der Waals surface area contributed by atoms with E-state index in [0.29, 0.717) is 10.4 Å². The summed E-state index contributed by atoms with van der Waals surface area (Å²) in [6.07, 6.45) is 2.59. The zero-order valence-corrected chi connectivity index (χ0v) is 10.4. The van der Waals surface area contributed by atoms with Gasteiger partial charge in [-0.15, -0.1) is 0 Å². The average molecular weight is 242 g/mol. The summed E-state index contributed by atoms with van der Waals surface area (Å²) in [5, 5.41) is 3.96. The smallest absolute Gasteiger partial charge is 0.124 e. The lowest BCUT2D eigenvalue weighted by molar-refractivity contribution is 0.457. The summed E-state index contributed by atoms with van der Waals surface area (Å²) in [5.41, 5.74) is 1.44. The Bertz CT molecular complexity index is 388. The topological polar surface area (TPSA) is 12.0 Å². The Morgan fingerprint density at radius 3 is 2.75 bits per heavy atom. The van der Waals surface area contributed by atoms with Gasteiger partial charge in [0, 0.05) is 17.6 Å². The van der Waals surface area contributed by atoms with Gasteiger partial charge in [-0.1, -0.05) is 24.6 Å². The van der Waals surface area contributed by atoms with E-state index in [1.807, 2.05) is 0 Å². The van der Waals surface area contributed by atoms with Crippen molar-refractivity contribution in [2.24, 2.45) is 5.41 Å². The Kier molecular flexibility index (Phi) is 3.22. The third kappa shape index (κ3) is 2.74. The molecule has 0 amide bonds. The highest BCUT2D eigenvalue weighted by atomic mass is 35.5. The molecule has 1 aromatic carbocycles. The lowest BCUT2D eigenvalue weighted by Gasteiger charge is -2.18. The Morgan fingerprint density at radius 2 is 2.19 bits per heavy atom. The maximum absolute atomic E-state index is 12.9. The van der Waals surface area contributed by atoms with Crippen molar-refractivity contribution in [2.45, 2.75) is 32.7 Å². The monoisotopic (exact) mass is 241 g/mol. The summed E-state index contributed by atoms with van der Waals surface area (Å²) in [6.45, 7) is 5.34. The summed E-state index contributed by atoms with van der Waals surface area (Å²) in [4.78, 5) is 0. The molecule has 1 fully saturated rings. The average Bonchev–Trinajstić information content (AvgIpc) is 2.94. The van der Waals surface area contributed by atoms with Gasteiger partial charge >= 0.3 is 0 Å². The van der Waals surface area contributed by atoms with E-state index in [1.54, 1.807) is 6.07 Å². The maximum Gasteiger partial charge on any atom is 0.124 e. The second-order valence-corrected chi connectivity index (χ2v) is 5.49. The van der Waals surface area contributed by atoms with Crippen molar-refractivity contribution in [3.63, 3.8) is 0 Å². The van der Waals surface area contributed by atoms with Crippen molar-refractivity contribution in [3.8, 4) is 0 Å². The molecule has 0 radical (unpaired) electrons. The van der Waals surface area contributed by atoms with E-state index in [0.717, 1.165) is 12.1 Å². The minimum absolute atomic E-state index is 0.172. The van der Waals surface area contributed by atoms with E-state index in [2.05, 4.69) is 19.2 Å². The molecule has 0 aromatic heterocycles. The van der Waals surface area contributed by atoms with Crippen molar-refractivity contribution in [3.05, 3.63) is 34.6 Å². The molecule has 1 aliphatic rings. The molecule has 0 spiro atoms. The van der Waals surface area contributed by atoms with Crippen LogP contribution in [0.2, 0.25) is 5.02 Å².